The summed E-state index contributed by atoms with van der Waals surface area (Å²) in [7, 11) is 0. The second kappa shape index (κ2) is 30.8. The van der Waals surface area contributed by atoms with E-state index in [0.29, 0.717) is 19.6 Å². The van der Waals surface area contributed by atoms with Crippen molar-refractivity contribution in [3.8, 4) is 0 Å². The van der Waals surface area contributed by atoms with E-state index in [4.69, 9.17) is 20.9 Å². The average Bonchev–Trinajstić information content (AvgIpc) is 2.98. The largest absolute Gasteiger partial charge is 0.466 e. The number of ether oxygens (including phenoxy) is 2. The van der Waals surface area contributed by atoms with E-state index in [9.17, 15) is 14.4 Å². The molecular weight excluding hydrogens is 530 g/mol. The van der Waals surface area contributed by atoms with Crippen LogP contribution in [0.15, 0.2) is 0 Å². The number of nitrogens with one attached hydrogen (secondary N) is 1. The molecular formula is C34H67N3O5. The first kappa shape index (κ1) is 40.3. The van der Waals surface area contributed by atoms with E-state index >= 15 is 0 Å². The van der Waals surface area contributed by atoms with Crippen LogP contribution >= 0.6 is 0 Å². The van der Waals surface area contributed by atoms with E-state index in [2.05, 4.69) is 19.2 Å². The van der Waals surface area contributed by atoms with Gasteiger partial charge in [0.1, 0.15) is 6.04 Å². The van der Waals surface area contributed by atoms with Gasteiger partial charge in [0.15, 0.2) is 0 Å². The Bertz CT molecular complexity index is 647. The number of nitrogens with two attached hydrogens (primary N) is 2. The van der Waals surface area contributed by atoms with Crippen molar-refractivity contribution >= 4 is 17.8 Å². The predicted octanol–water partition coefficient (Wildman–Crippen LogP) is 7.25. The van der Waals surface area contributed by atoms with Gasteiger partial charge in [0, 0.05) is 0 Å². The molecule has 1 amide bonds. The van der Waals surface area contributed by atoms with Crippen molar-refractivity contribution in [2.45, 2.75) is 180 Å². The topological polar surface area (TPSA) is 134 Å². The molecule has 0 heterocycles. The lowest BCUT2D eigenvalue weighted by Gasteiger charge is -2.19. The monoisotopic (exact) mass is 598 g/mol. The van der Waals surface area contributed by atoms with Gasteiger partial charge in [-0.3, -0.25) is 9.59 Å². The molecule has 42 heavy (non-hydrogen) atoms. The molecule has 0 aliphatic heterocycles. The Morgan fingerprint density at radius 3 is 1.48 bits per heavy atom. The van der Waals surface area contributed by atoms with Crippen molar-refractivity contribution in [1.29, 1.82) is 0 Å². The third-order valence-corrected chi connectivity index (χ3v) is 7.78. The molecule has 0 fully saturated rings. The van der Waals surface area contributed by atoms with Gasteiger partial charge in [0.2, 0.25) is 5.91 Å². The fourth-order valence-electron chi connectivity index (χ4n) is 4.98. The molecule has 0 aromatic rings. The average molecular weight is 598 g/mol. The van der Waals surface area contributed by atoms with Gasteiger partial charge >= 0.3 is 11.9 Å². The van der Waals surface area contributed by atoms with E-state index in [-0.39, 0.29) is 13.0 Å². The molecule has 0 aromatic carbocycles. The number of carbonyl (C=O) groups excluding carboxylic acids is 3. The molecule has 0 saturated carbocycles. The molecule has 0 radical (unpaired) electrons. The lowest BCUT2D eigenvalue weighted by atomic mass is 10.1. The highest BCUT2D eigenvalue weighted by Crippen LogP contribution is 2.12. The highest BCUT2D eigenvalue weighted by Gasteiger charge is 2.28. The zero-order valence-electron chi connectivity index (χ0n) is 27.4. The Kier molecular flexibility index (Phi) is 29.6. The molecule has 0 saturated heterocycles. The third-order valence-electron chi connectivity index (χ3n) is 7.78. The maximum Gasteiger partial charge on any atom is 0.329 e. The third kappa shape index (κ3) is 26.0. The normalized spacial score (nSPS) is 12.6. The van der Waals surface area contributed by atoms with E-state index in [0.717, 1.165) is 51.4 Å². The Balaban J connectivity index is 4.39. The first-order chi connectivity index (χ1) is 20.5. The molecule has 0 bridgehead atoms. The zero-order chi connectivity index (χ0) is 31.1. The van der Waals surface area contributed by atoms with Gasteiger partial charge < -0.3 is 26.3 Å². The van der Waals surface area contributed by atoms with Crippen LogP contribution in [0.3, 0.4) is 0 Å². The Morgan fingerprint density at radius 2 is 1.02 bits per heavy atom. The Morgan fingerprint density at radius 1 is 0.595 bits per heavy atom. The molecule has 5 N–H and O–H groups in total. The number of carbonyl (C=O) groups is 3. The smallest absolute Gasteiger partial charge is 0.329 e. The van der Waals surface area contributed by atoms with Crippen LogP contribution in [0.2, 0.25) is 0 Å². The van der Waals surface area contributed by atoms with Crippen LogP contribution in [0.4, 0.5) is 0 Å². The van der Waals surface area contributed by atoms with Gasteiger partial charge in [-0.05, 0) is 32.2 Å². The molecule has 8 heteroatoms. The van der Waals surface area contributed by atoms with Gasteiger partial charge in [-0.25, -0.2) is 4.79 Å². The molecule has 0 aliphatic carbocycles. The minimum atomic E-state index is -1.10. The summed E-state index contributed by atoms with van der Waals surface area (Å²) in [6, 6.07) is -1.86. The van der Waals surface area contributed by atoms with E-state index in [1.54, 1.807) is 0 Å². The van der Waals surface area contributed by atoms with Crippen LogP contribution in [0.1, 0.15) is 168 Å². The van der Waals surface area contributed by atoms with Crippen molar-refractivity contribution in [1.82, 2.24) is 5.32 Å². The summed E-state index contributed by atoms with van der Waals surface area (Å²) in [5.74, 6) is -1.58. The second-order valence-electron chi connectivity index (χ2n) is 11.9. The minimum absolute atomic E-state index is 0.254. The highest BCUT2D eigenvalue weighted by atomic mass is 16.5. The summed E-state index contributed by atoms with van der Waals surface area (Å²) in [5, 5.41) is 2.64. The number of rotatable bonds is 31. The molecule has 2 atom stereocenters. The maximum atomic E-state index is 12.8. The van der Waals surface area contributed by atoms with Gasteiger partial charge in [-0.1, -0.05) is 136 Å². The van der Waals surface area contributed by atoms with Crippen molar-refractivity contribution in [2.24, 2.45) is 11.5 Å². The van der Waals surface area contributed by atoms with Crippen LogP contribution in [0.25, 0.3) is 0 Å². The van der Waals surface area contributed by atoms with Crippen molar-refractivity contribution in [2.75, 3.05) is 19.8 Å². The Labute approximate surface area is 258 Å². The van der Waals surface area contributed by atoms with Gasteiger partial charge in [0.25, 0.3) is 0 Å². The lowest BCUT2D eigenvalue weighted by molar-refractivity contribution is -0.154. The van der Waals surface area contributed by atoms with Crippen molar-refractivity contribution < 1.29 is 23.9 Å². The first-order valence-electron chi connectivity index (χ1n) is 17.5. The quantitative estimate of drug-likeness (QED) is 0.0566. The molecule has 8 nitrogen and oxygen atoms in total. The number of hydrogen-bond donors (Lipinski definition) is 3. The fraction of sp³-hybridized carbons (Fsp3) is 0.912. The molecule has 0 unspecified atom stereocenters. The molecule has 0 rings (SSSR count). The fourth-order valence-corrected chi connectivity index (χ4v) is 4.98. The number of esters is 2. The molecule has 0 aromatic heterocycles. The highest BCUT2D eigenvalue weighted by molar-refractivity contribution is 5.90. The van der Waals surface area contributed by atoms with Gasteiger partial charge in [0.05, 0.1) is 25.7 Å². The van der Waals surface area contributed by atoms with Crippen LogP contribution in [-0.4, -0.2) is 49.7 Å². The zero-order valence-corrected chi connectivity index (χ0v) is 27.4. The maximum absolute atomic E-state index is 12.8. The summed E-state index contributed by atoms with van der Waals surface area (Å²) < 4.78 is 10.8. The summed E-state index contributed by atoms with van der Waals surface area (Å²) in [6.45, 7) is 5.59. The number of hydrogen-bond acceptors (Lipinski definition) is 7. The SMILES string of the molecule is CCCCCCCCCCCCOC(=O)C[C@H](NC(=O)[C@@H](N)CCCCN)C(=O)OCCCCCCCCCCCC. The van der Waals surface area contributed by atoms with Crippen LogP contribution in [0.5, 0.6) is 0 Å². The molecule has 0 aliphatic rings. The Hall–Kier alpha value is -1.67. The molecule has 248 valence electrons. The second-order valence-corrected chi connectivity index (χ2v) is 11.9. The van der Waals surface area contributed by atoms with Crippen LogP contribution in [-0.2, 0) is 23.9 Å². The summed E-state index contributed by atoms with van der Waals surface area (Å²) >= 11 is 0. The van der Waals surface area contributed by atoms with Crippen molar-refractivity contribution in [3.05, 3.63) is 0 Å². The summed E-state index contributed by atoms with van der Waals surface area (Å²) in [6.07, 6.45) is 25.6. The predicted molar refractivity (Wildman–Crippen MR) is 173 cm³/mol. The summed E-state index contributed by atoms with van der Waals surface area (Å²) in [5.41, 5.74) is 11.5. The van der Waals surface area contributed by atoms with E-state index < -0.39 is 29.9 Å². The van der Waals surface area contributed by atoms with Gasteiger partial charge in [-0.2, -0.15) is 0 Å². The standard InChI is InChI=1S/C34H67N3O5/c1-3-5-7-9-11-13-15-17-19-23-27-41-32(38)29-31(37-33(39)30(36)25-21-22-26-35)34(40)42-28-24-20-18-16-14-12-10-8-6-4-2/h30-31H,3-29,35-36H2,1-2H3,(H,37,39)/t30-,31-/m0/s1. The van der Waals surface area contributed by atoms with Crippen molar-refractivity contribution in [3.63, 3.8) is 0 Å². The minimum Gasteiger partial charge on any atom is -0.466 e. The summed E-state index contributed by atoms with van der Waals surface area (Å²) in [4.78, 5) is 38.0. The van der Waals surface area contributed by atoms with E-state index in [1.807, 2.05) is 0 Å². The van der Waals surface area contributed by atoms with Crippen LogP contribution in [0, 0.1) is 0 Å². The molecule has 0 spiro atoms. The van der Waals surface area contributed by atoms with Gasteiger partial charge in [-0.15, -0.1) is 0 Å². The number of amides is 1. The number of unbranched alkanes of at least 4 members (excludes halogenated alkanes) is 19. The van der Waals surface area contributed by atoms with Crippen LogP contribution < -0.4 is 16.8 Å². The first-order valence-corrected chi connectivity index (χ1v) is 17.5. The van der Waals surface area contributed by atoms with E-state index in [1.165, 1.54) is 89.9 Å². The lowest BCUT2D eigenvalue weighted by Crippen LogP contribution is -2.49.